The monoisotopic (exact) mass is 450 g/mol. The Morgan fingerprint density at radius 1 is 1.17 bits per heavy atom. The Morgan fingerprint density at radius 3 is 2.43 bits per heavy atom. The maximum Gasteiger partial charge on any atom is 0.258 e. The van der Waals surface area contributed by atoms with Crippen LogP contribution in [0.15, 0.2) is 39.7 Å². The van der Waals surface area contributed by atoms with Crippen molar-refractivity contribution >= 4 is 32.6 Å². The van der Waals surface area contributed by atoms with E-state index in [2.05, 4.69) is 21.1 Å². The molecule has 1 unspecified atom stereocenters. The fourth-order valence-electron chi connectivity index (χ4n) is 3.25. The maximum absolute atomic E-state index is 14.9. The summed E-state index contributed by atoms with van der Waals surface area (Å²) < 4.78 is 46.0. The molecule has 1 aromatic carbocycles. The normalized spacial score (nSPS) is 25.8. The Balaban J connectivity index is 1.73. The SMILES string of the molecule is C=S1(=O)C[C@@](C)(c2sc(-c3nnc(-c4ccc(F)cc4)o3)cc2F)N=C(N)C1(C)C. The standard InChI is InChI=1S/C20H20F2N4O2S2/c1-19(2)18(23)24-20(3,10-30(19,4)27)15-13(22)9-14(29-15)17-26-25-16(28-17)11-5-7-12(21)8-6-11/h5-9H,4,10H2,1-3H3,(H2,23,24)/t20-,30?/m0/s1. The molecule has 1 aliphatic heterocycles. The minimum atomic E-state index is -2.67. The summed E-state index contributed by atoms with van der Waals surface area (Å²) in [6.07, 6.45) is 0. The average molecular weight is 451 g/mol. The smallest absolute Gasteiger partial charge is 0.258 e. The van der Waals surface area contributed by atoms with Crippen molar-refractivity contribution in [1.29, 1.82) is 0 Å². The Morgan fingerprint density at radius 2 is 1.80 bits per heavy atom. The molecule has 0 bridgehead atoms. The Labute approximate surface area is 176 Å². The third-order valence-electron chi connectivity index (χ3n) is 5.33. The zero-order valence-corrected chi connectivity index (χ0v) is 18.2. The Kier molecular flexibility index (Phi) is 4.62. The molecule has 6 nitrogen and oxygen atoms in total. The van der Waals surface area contributed by atoms with Gasteiger partial charge in [0.25, 0.3) is 5.89 Å². The summed E-state index contributed by atoms with van der Waals surface area (Å²) in [7, 11) is -2.67. The molecule has 1 aliphatic rings. The van der Waals surface area contributed by atoms with Crippen LogP contribution in [0.1, 0.15) is 25.6 Å². The number of aromatic nitrogens is 2. The lowest BCUT2D eigenvalue weighted by Gasteiger charge is -2.40. The molecule has 3 aromatic rings. The molecule has 0 aliphatic carbocycles. The van der Waals surface area contributed by atoms with Crippen molar-refractivity contribution < 1.29 is 17.4 Å². The third-order valence-corrected chi connectivity index (χ3v) is 9.78. The molecular formula is C20H20F2N4O2S2. The number of rotatable bonds is 3. The van der Waals surface area contributed by atoms with E-state index in [4.69, 9.17) is 10.2 Å². The van der Waals surface area contributed by atoms with E-state index in [9.17, 15) is 13.0 Å². The van der Waals surface area contributed by atoms with Crippen molar-refractivity contribution in [2.75, 3.05) is 5.75 Å². The van der Waals surface area contributed by atoms with E-state index < -0.39 is 25.6 Å². The molecule has 2 atom stereocenters. The summed E-state index contributed by atoms with van der Waals surface area (Å²) in [5.41, 5.74) is 5.52. The maximum atomic E-state index is 14.9. The van der Waals surface area contributed by atoms with Gasteiger partial charge in [0.2, 0.25) is 5.89 Å². The molecule has 0 saturated heterocycles. The van der Waals surface area contributed by atoms with Gasteiger partial charge in [0, 0.05) is 11.3 Å². The molecule has 2 aromatic heterocycles. The van der Waals surface area contributed by atoms with Crippen LogP contribution in [0.5, 0.6) is 0 Å². The van der Waals surface area contributed by atoms with Crippen LogP contribution in [0.2, 0.25) is 0 Å². The molecular weight excluding hydrogens is 430 g/mol. The zero-order valence-electron chi connectivity index (χ0n) is 16.6. The van der Waals surface area contributed by atoms with Gasteiger partial charge in [-0.2, -0.15) is 0 Å². The highest BCUT2D eigenvalue weighted by atomic mass is 32.2. The average Bonchev–Trinajstić information content (AvgIpc) is 3.27. The van der Waals surface area contributed by atoms with Crippen LogP contribution in [0.4, 0.5) is 8.78 Å². The van der Waals surface area contributed by atoms with Gasteiger partial charge in [-0.05, 0) is 66.5 Å². The lowest BCUT2D eigenvalue weighted by atomic mass is 10.0. The summed E-state index contributed by atoms with van der Waals surface area (Å²) in [4.78, 5) is 5.18. The van der Waals surface area contributed by atoms with Crippen LogP contribution >= 0.6 is 11.3 Å². The fourth-order valence-corrected chi connectivity index (χ4v) is 6.29. The van der Waals surface area contributed by atoms with Crippen molar-refractivity contribution in [2.45, 2.75) is 31.1 Å². The van der Waals surface area contributed by atoms with E-state index in [1.165, 1.54) is 30.3 Å². The molecule has 0 saturated carbocycles. The first-order valence-electron chi connectivity index (χ1n) is 9.03. The quantitative estimate of drug-likeness (QED) is 0.612. The van der Waals surface area contributed by atoms with Crippen LogP contribution in [0.25, 0.3) is 22.2 Å². The van der Waals surface area contributed by atoms with E-state index in [0.29, 0.717) is 10.4 Å². The number of hydrogen-bond acceptors (Lipinski definition) is 7. The topological polar surface area (TPSA) is 94.4 Å². The highest BCUT2D eigenvalue weighted by molar-refractivity contribution is 8.02. The molecule has 30 heavy (non-hydrogen) atoms. The van der Waals surface area contributed by atoms with Crippen LogP contribution < -0.4 is 5.73 Å². The minimum Gasteiger partial charge on any atom is -0.415 e. The summed E-state index contributed by atoms with van der Waals surface area (Å²) in [6, 6.07) is 6.88. The number of thiophene rings is 1. The summed E-state index contributed by atoms with van der Waals surface area (Å²) in [5.74, 6) is 3.53. The molecule has 10 heteroatoms. The molecule has 0 fully saturated rings. The van der Waals surface area contributed by atoms with Crippen molar-refractivity contribution in [1.82, 2.24) is 10.2 Å². The lowest BCUT2D eigenvalue weighted by molar-refractivity contribution is 0.506. The summed E-state index contributed by atoms with van der Waals surface area (Å²) in [6.45, 7) is 5.15. The number of halogens is 2. The molecule has 0 spiro atoms. The van der Waals surface area contributed by atoms with Gasteiger partial charge in [-0.25, -0.2) is 8.78 Å². The van der Waals surface area contributed by atoms with Gasteiger partial charge in [0.05, 0.1) is 14.5 Å². The van der Waals surface area contributed by atoms with E-state index in [0.717, 1.165) is 11.3 Å². The number of hydrogen-bond donors (Lipinski definition) is 1. The summed E-state index contributed by atoms with van der Waals surface area (Å²) in [5, 5.41) is 7.94. The third kappa shape index (κ3) is 3.24. The first kappa shape index (κ1) is 20.7. The van der Waals surface area contributed by atoms with E-state index >= 15 is 0 Å². The Bertz CT molecular complexity index is 1260. The van der Waals surface area contributed by atoms with Crippen molar-refractivity contribution in [3.05, 3.63) is 46.8 Å². The van der Waals surface area contributed by atoms with Gasteiger partial charge in [-0.1, -0.05) is 0 Å². The Hall–Kier alpha value is -2.59. The van der Waals surface area contributed by atoms with Crippen molar-refractivity contribution in [3.63, 3.8) is 0 Å². The fraction of sp³-hybridized carbons (Fsp3) is 0.300. The predicted octanol–water partition coefficient (Wildman–Crippen LogP) is 3.82. The molecule has 4 rings (SSSR count). The second kappa shape index (κ2) is 6.71. The molecule has 3 heterocycles. The van der Waals surface area contributed by atoms with Crippen LogP contribution in [-0.2, 0) is 15.1 Å². The van der Waals surface area contributed by atoms with Crippen LogP contribution in [0, 0.1) is 11.6 Å². The molecule has 0 amide bonds. The first-order valence-corrected chi connectivity index (χ1v) is 11.7. The van der Waals surface area contributed by atoms with Crippen LogP contribution in [-0.4, -0.2) is 36.6 Å². The highest BCUT2D eigenvalue weighted by Crippen LogP contribution is 2.43. The zero-order chi connectivity index (χ0) is 21.9. The van der Waals surface area contributed by atoms with Crippen molar-refractivity contribution in [2.24, 2.45) is 10.7 Å². The number of amidine groups is 1. The van der Waals surface area contributed by atoms with Gasteiger partial charge in [0.15, 0.2) is 0 Å². The second-order valence-electron chi connectivity index (χ2n) is 7.94. The van der Waals surface area contributed by atoms with Gasteiger partial charge < -0.3 is 10.2 Å². The summed E-state index contributed by atoms with van der Waals surface area (Å²) >= 11 is 1.08. The van der Waals surface area contributed by atoms with Gasteiger partial charge in [-0.3, -0.25) is 9.20 Å². The molecule has 158 valence electrons. The highest BCUT2D eigenvalue weighted by Gasteiger charge is 2.46. The number of benzene rings is 1. The number of nitrogens with zero attached hydrogens (tertiary/aromatic N) is 3. The van der Waals surface area contributed by atoms with E-state index in [-0.39, 0.29) is 34.1 Å². The van der Waals surface area contributed by atoms with E-state index in [1.807, 2.05) is 0 Å². The predicted molar refractivity (Wildman–Crippen MR) is 116 cm³/mol. The van der Waals surface area contributed by atoms with E-state index in [1.54, 1.807) is 20.8 Å². The molecule has 2 N–H and O–H groups in total. The largest absolute Gasteiger partial charge is 0.415 e. The molecule has 0 radical (unpaired) electrons. The van der Waals surface area contributed by atoms with Gasteiger partial charge >= 0.3 is 0 Å². The minimum absolute atomic E-state index is 0.0647. The first-order chi connectivity index (χ1) is 13.9. The van der Waals surface area contributed by atoms with Gasteiger partial charge in [-0.15, -0.1) is 21.5 Å². The van der Waals surface area contributed by atoms with Crippen LogP contribution in [0.3, 0.4) is 0 Å². The lowest BCUT2D eigenvalue weighted by Crippen LogP contribution is -2.54. The van der Waals surface area contributed by atoms with Gasteiger partial charge in [0.1, 0.15) is 23.0 Å². The van der Waals surface area contributed by atoms with Crippen molar-refractivity contribution in [3.8, 4) is 22.2 Å². The second-order valence-corrected chi connectivity index (χ2v) is 11.9. The number of aliphatic imine (C=N–C) groups is 1. The number of nitrogens with two attached hydrogens (primary N) is 1.